The van der Waals surface area contributed by atoms with Gasteiger partial charge in [-0.1, -0.05) is 6.08 Å². The van der Waals surface area contributed by atoms with Crippen molar-refractivity contribution in [3.8, 4) is 6.07 Å². The molecule has 0 bridgehead atoms. The van der Waals surface area contributed by atoms with Crippen LogP contribution in [0.15, 0.2) is 30.6 Å². The third-order valence-electron chi connectivity index (χ3n) is 2.01. The Hall–Kier alpha value is -2.08. The van der Waals surface area contributed by atoms with Gasteiger partial charge in [-0.15, -0.1) is 0 Å². The molecule has 3 heteroatoms. The van der Waals surface area contributed by atoms with Crippen LogP contribution in [0.25, 0.3) is 17.2 Å². The average molecular weight is 183 g/mol. The van der Waals surface area contributed by atoms with E-state index >= 15 is 0 Å². The van der Waals surface area contributed by atoms with Gasteiger partial charge in [-0.25, -0.2) is 4.98 Å². The summed E-state index contributed by atoms with van der Waals surface area (Å²) in [7, 11) is 0. The van der Waals surface area contributed by atoms with E-state index < -0.39 is 0 Å². The summed E-state index contributed by atoms with van der Waals surface area (Å²) in [4.78, 5) is 4.21. The van der Waals surface area contributed by atoms with Gasteiger partial charge in [-0.2, -0.15) is 5.26 Å². The fourth-order valence-electron chi connectivity index (χ4n) is 1.37. The Morgan fingerprint density at radius 2 is 2.36 bits per heavy atom. The molecular formula is C11H9N3. The van der Waals surface area contributed by atoms with Gasteiger partial charge in [-0.3, -0.25) is 0 Å². The maximum absolute atomic E-state index is 8.76. The van der Waals surface area contributed by atoms with Crippen molar-refractivity contribution in [3.05, 3.63) is 36.2 Å². The van der Waals surface area contributed by atoms with E-state index in [9.17, 15) is 0 Å². The van der Waals surface area contributed by atoms with Crippen LogP contribution in [0.4, 0.5) is 0 Å². The predicted octanol–water partition coefficient (Wildman–Crippen LogP) is 2.40. The third kappa shape index (κ3) is 1.27. The van der Waals surface area contributed by atoms with Crippen LogP contribution < -0.4 is 0 Å². The Bertz CT molecular complexity index is 529. The zero-order valence-electron chi connectivity index (χ0n) is 7.81. The molecule has 1 aromatic carbocycles. The highest BCUT2D eigenvalue weighted by atomic mass is 15.0. The topological polar surface area (TPSA) is 41.6 Å². The molecular weight excluding hydrogens is 174 g/mol. The lowest BCUT2D eigenvalue weighted by atomic mass is 10.2. The van der Waals surface area contributed by atoms with Gasteiger partial charge in [0, 0.05) is 6.20 Å². The van der Waals surface area contributed by atoms with Crippen LogP contribution in [0.1, 0.15) is 12.5 Å². The van der Waals surface area contributed by atoms with E-state index in [0.717, 1.165) is 11.0 Å². The molecule has 0 aliphatic heterocycles. The molecule has 2 aromatic rings. The SMILES string of the molecule is C/C=C/n1cnc2ccc(C#N)cc21. The second-order valence-corrected chi connectivity index (χ2v) is 2.95. The summed E-state index contributed by atoms with van der Waals surface area (Å²) >= 11 is 0. The minimum absolute atomic E-state index is 0.656. The molecule has 0 saturated heterocycles. The molecule has 0 N–H and O–H groups in total. The van der Waals surface area contributed by atoms with Crippen LogP contribution in [0.5, 0.6) is 0 Å². The van der Waals surface area contributed by atoms with Crippen LogP contribution in [0, 0.1) is 11.3 Å². The van der Waals surface area contributed by atoms with Crippen molar-refractivity contribution >= 4 is 17.2 Å². The van der Waals surface area contributed by atoms with E-state index in [1.807, 2.05) is 35.9 Å². The van der Waals surface area contributed by atoms with E-state index in [4.69, 9.17) is 5.26 Å². The molecule has 0 spiro atoms. The highest BCUT2D eigenvalue weighted by Crippen LogP contribution is 2.14. The van der Waals surface area contributed by atoms with Gasteiger partial charge in [-0.05, 0) is 25.1 Å². The number of nitriles is 1. The van der Waals surface area contributed by atoms with Gasteiger partial charge >= 0.3 is 0 Å². The number of fused-ring (bicyclic) bond motifs is 1. The van der Waals surface area contributed by atoms with Crippen LogP contribution in [0.3, 0.4) is 0 Å². The molecule has 14 heavy (non-hydrogen) atoms. The molecule has 0 atom stereocenters. The fraction of sp³-hybridized carbons (Fsp3) is 0.0909. The van der Waals surface area contributed by atoms with Crippen LogP contribution in [-0.2, 0) is 0 Å². The van der Waals surface area contributed by atoms with Crippen molar-refractivity contribution in [1.82, 2.24) is 9.55 Å². The predicted molar refractivity (Wildman–Crippen MR) is 55.5 cm³/mol. The lowest BCUT2D eigenvalue weighted by molar-refractivity contribution is 1.17. The number of rotatable bonds is 1. The van der Waals surface area contributed by atoms with Gasteiger partial charge in [0.25, 0.3) is 0 Å². The van der Waals surface area contributed by atoms with Crippen molar-refractivity contribution < 1.29 is 0 Å². The summed E-state index contributed by atoms with van der Waals surface area (Å²) in [5.74, 6) is 0. The van der Waals surface area contributed by atoms with E-state index in [-0.39, 0.29) is 0 Å². The van der Waals surface area contributed by atoms with E-state index in [1.54, 1.807) is 12.4 Å². The molecule has 2 rings (SSSR count). The quantitative estimate of drug-likeness (QED) is 0.681. The number of nitrogens with zero attached hydrogens (tertiary/aromatic N) is 3. The third-order valence-corrected chi connectivity index (χ3v) is 2.01. The van der Waals surface area contributed by atoms with Crippen LogP contribution in [-0.4, -0.2) is 9.55 Å². The largest absolute Gasteiger partial charge is 0.306 e. The van der Waals surface area contributed by atoms with E-state index in [0.29, 0.717) is 5.56 Å². The summed E-state index contributed by atoms with van der Waals surface area (Å²) in [5, 5.41) is 8.76. The molecule has 1 aromatic heterocycles. The maximum Gasteiger partial charge on any atom is 0.0999 e. The minimum atomic E-state index is 0.656. The summed E-state index contributed by atoms with van der Waals surface area (Å²) in [6.07, 6.45) is 5.59. The number of hydrogen-bond donors (Lipinski definition) is 0. The molecule has 68 valence electrons. The normalized spacial score (nSPS) is 10.9. The first-order chi connectivity index (χ1) is 6.85. The summed E-state index contributed by atoms with van der Waals surface area (Å²) < 4.78 is 1.90. The first-order valence-electron chi connectivity index (χ1n) is 4.34. The highest BCUT2D eigenvalue weighted by molar-refractivity contribution is 5.78. The first-order valence-corrected chi connectivity index (χ1v) is 4.34. The van der Waals surface area contributed by atoms with Crippen molar-refractivity contribution in [2.75, 3.05) is 0 Å². The molecule has 0 aliphatic carbocycles. The lowest BCUT2D eigenvalue weighted by Crippen LogP contribution is -1.83. The Kier molecular flexibility index (Phi) is 2.04. The van der Waals surface area contributed by atoms with Gasteiger partial charge in [0.1, 0.15) is 0 Å². The summed E-state index contributed by atoms with van der Waals surface area (Å²) in [5.41, 5.74) is 2.52. The zero-order valence-corrected chi connectivity index (χ0v) is 7.81. The van der Waals surface area contributed by atoms with Crippen molar-refractivity contribution in [2.24, 2.45) is 0 Å². The van der Waals surface area contributed by atoms with Crippen LogP contribution in [0.2, 0.25) is 0 Å². The zero-order chi connectivity index (χ0) is 9.97. The van der Waals surface area contributed by atoms with Crippen molar-refractivity contribution in [2.45, 2.75) is 6.92 Å². The minimum Gasteiger partial charge on any atom is -0.306 e. The van der Waals surface area contributed by atoms with Crippen molar-refractivity contribution in [3.63, 3.8) is 0 Å². The van der Waals surface area contributed by atoms with Gasteiger partial charge in [0.2, 0.25) is 0 Å². The number of imidazole rings is 1. The smallest absolute Gasteiger partial charge is 0.0999 e. The second kappa shape index (κ2) is 3.35. The molecule has 0 aliphatic rings. The molecule has 0 saturated carbocycles. The van der Waals surface area contributed by atoms with E-state index in [1.165, 1.54) is 0 Å². The van der Waals surface area contributed by atoms with Gasteiger partial charge in [0.05, 0.1) is 29.0 Å². The Labute approximate surface area is 81.9 Å². The summed E-state index contributed by atoms with van der Waals surface area (Å²) in [6, 6.07) is 7.58. The Morgan fingerprint density at radius 3 is 3.07 bits per heavy atom. The molecule has 1 heterocycles. The Morgan fingerprint density at radius 1 is 1.50 bits per heavy atom. The second-order valence-electron chi connectivity index (χ2n) is 2.95. The molecule has 0 amide bonds. The lowest BCUT2D eigenvalue weighted by Gasteiger charge is -1.95. The fourth-order valence-corrected chi connectivity index (χ4v) is 1.37. The summed E-state index contributed by atoms with van der Waals surface area (Å²) in [6.45, 7) is 1.94. The highest BCUT2D eigenvalue weighted by Gasteiger charge is 2.00. The number of hydrogen-bond acceptors (Lipinski definition) is 2. The number of benzene rings is 1. The standard InChI is InChI=1S/C11H9N3/c1-2-5-14-8-13-10-4-3-9(7-12)6-11(10)14/h2-6,8H,1H3/b5-2+. The number of aromatic nitrogens is 2. The van der Waals surface area contributed by atoms with Gasteiger partial charge < -0.3 is 4.57 Å². The number of allylic oxidation sites excluding steroid dienone is 1. The average Bonchev–Trinajstić information content (AvgIpc) is 2.61. The monoisotopic (exact) mass is 183 g/mol. The maximum atomic E-state index is 8.76. The molecule has 0 fully saturated rings. The van der Waals surface area contributed by atoms with Crippen molar-refractivity contribution in [1.29, 1.82) is 5.26 Å². The molecule has 3 nitrogen and oxygen atoms in total. The molecule has 0 radical (unpaired) electrons. The first kappa shape index (κ1) is 8.52. The molecule has 0 unspecified atom stereocenters. The van der Waals surface area contributed by atoms with Crippen LogP contribution >= 0.6 is 0 Å². The Balaban J connectivity index is 2.71. The van der Waals surface area contributed by atoms with Gasteiger partial charge in [0.15, 0.2) is 0 Å². The van der Waals surface area contributed by atoms with E-state index in [2.05, 4.69) is 11.1 Å².